The monoisotopic (exact) mass is 342 g/mol. The second kappa shape index (κ2) is 5.71. The zero-order valence-electron chi connectivity index (χ0n) is 14.5. The van der Waals surface area contributed by atoms with Gasteiger partial charge < -0.3 is 20.1 Å². The number of aliphatic hydroxyl groups is 1. The van der Waals surface area contributed by atoms with Crippen molar-refractivity contribution in [1.29, 1.82) is 0 Å². The molecule has 2 aliphatic heterocycles. The molecule has 5 nitrogen and oxygen atoms in total. The first-order valence-corrected chi connectivity index (χ1v) is 9.62. The summed E-state index contributed by atoms with van der Waals surface area (Å²) in [5.41, 5.74) is 2.52. The molecule has 1 aromatic carbocycles. The highest BCUT2D eigenvalue weighted by atomic mass is 16.5. The highest BCUT2D eigenvalue weighted by molar-refractivity contribution is 5.76. The van der Waals surface area contributed by atoms with Gasteiger partial charge in [-0.15, -0.1) is 0 Å². The highest BCUT2D eigenvalue weighted by Crippen LogP contribution is 2.62. The molecular formula is C20H26N2O3. The van der Waals surface area contributed by atoms with Crippen LogP contribution in [-0.2, 0) is 11.2 Å². The smallest absolute Gasteiger partial charge is 0.318 e. The minimum absolute atomic E-state index is 0.0184. The lowest BCUT2D eigenvalue weighted by atomic mass is 9.46. The second-order valence-electron chi connectivity index (χ2n) is 8.10. The minimum atomic E-state index is -0.238. The Labute approximate surface area is 148 Å². The van der Waals surface area contributed by atoms with Gasteiger partial charge in [-0.2, -0.15) is 0 Å². The maximum Gasteiger partial charge on any atom is 0.318 e. The molecule has 5 heteroatoms. The van der Waals surface area contributed by atoms with Gasteiger partial charge in [-0.25, -0.2) is 4.79 Å². The number of nitrogens with one attached hydrogen (secondary N) is 1. The third-order valence-corrected chi connectivity index (χ3v) is 7.16. The van der Waals surface area contributed by atoms with Gasteiger partial charge in [0.1, 0.15) is 0 Å². The molecular weight excluding hydrogens is 316 g/mol. The van der Waals surface area contributed by atoms with Crippen LogP contribution in [0, 0.1) is 11.3 Å². The highest BCUT2D eigenvalue weighted by Gasteiger charge is 2.67. The molecule has 2 aliphatic carbocycles. The van der Waals surface area contributed by atoms with Crippen molar-refractivity contribution < 1.29 is 14.6 Å². The van der Waals surface area contributed by atoms with Gasteiger partial charge in [0.05, 0.1) is 18.8 Å². The first-order chi connectivity index (χ1) is 12.2. The number of amides is 2. The van der Waals surface area contributed by atoms with Gasteiger partial charge >= 0.3 is 6.03 Å². The quantitative estimate of drug-likeness (QED) is 0.866. The van der Waals surface area contributed by atoms with Crippen molar-refractivity contribution in [1.82, 2.24) is 10.2 Å². The molecule has 0 radical (unpaired) electrons. The summed E-state index contributed by atoms with van der Waals surface area (Å²) in [5.74, 6) is 0.480. The Morgan fingerprint density at radius 1 is 1.36 bits per heavy atom. The molecule has 134 valence electrons. The van der Waals surface area contributed by atoms with E-state index in [-0.39, 0.29) is 30.1 Å². The van der Waals surface area contributed by atoms with E-state index in [9.17, 15) is 9.90 Å². The fraction of sp³-hybridized carbons (Fsp3) is 0.650. The number of carbonyl (C=O) groups excluding carboxylic acids is 1. The molecule has 2 amide bonds. The largest absolute Gasteiger partial charge is 0.394 e. The Bertz CT molecular complexity index is 687. The van der Waals surface area contributed by atoms with Crippen molar-refractivity contribution >= 4 is 6.03 Å². The number of nitrogens with zero attached hydrogens (tertiary/aromatic N) is 1. The van der Waals surface area contributed by atoms with E-state index in [0.717, 1.165) is 25.0 Å². The molecule has 3 fully saturated rings. The Morgan fingerprint density at radius 2 is 2.20 bits per heavy atom. The predicted molar refractivity (Wildman–Crippen MR) is 93.1 cm³/mol. The van der Waals surface area contributed by atoms with Crippen molar-refractivity contribution in [2.75, 3.05) is 19.8 Å². The topological polar surface area (TPSA) is 61.8 Å². The van der Waals surface area contributed by atoms with Gasteiger partial charge in [-0.3, -0.25) is 0 Å². The van der Waals surface area contributed by atoms with E-state index in [0.29, 0.717) is 18.6 Å². The summed E-state index contributed by atoms with van der Waals surface area (Å²) >= 11 is 0. The number of benzene rings is 1. The van der Waals surface area contributed by atoms with Crippen LogP contribution in [0.2, 0.25) is 0 Å². The van der Waals surface area contributed by atoms with Gasteiger partial charge in [0, 0.05) is 30.5 Å². The lowest BCUT2D eigenvalue weighted by Gasteiger charge is -2.63. The summed E-state index contributed by atoms with van der Waals surface area (Å²) < 4.78 is 5.95. The van der Waals surface area contributed by atoms with Crippen molar-refractivity contribution in [2.24, 2.45) is 11.3 Å². The van der Waals surface area contributed by atoms with E-state index in [2.05, 4.69) is 11.4 Å². The molecule has 25 heavy (non-hydrogen) atoms. The molecule has 2 N–H and O–H groups in total. The molecule has 4 atom stereocenters. The number of fused-ring (bicyclic) bond motifs is 3. The molecule has 2 saturated carbocycles. The molecule has 0 aromatic heterocycles. The molecule has 0 bridgehead atoms. The lowest BCUT2D eigenvalue weighted by molar-refractivity contribution is -0.172. The SMILES string of the molecule is O=C(NC1C2CCOC2C12CCC2)N1CCc2ccccc2C1CO. The summed E-state index contributed by atoms with van der Waals surface area (Å²) in [5, 5.41) is 13.3. The van der Waals surface area contributed by atoms with E-state index < -0.39 is 0 Å². The van der Waals surface area contributed by atoms with Gasteiger partial charge in [0.15, 0.2) is 0 Å². The van der Waals surface area contributed by atoms with E-state index in [1.807, 2.05) is 23.1 Å². The fourth-order valence-corrected chi connectivity index (χ4v) is 5.76. The van der Waals surface area contributed by atoms with Gasteiger partial charge in [-0.1, -0.05) is 30.7 Å². The number of hydrogen-bond acceptors (Lipinski definition) is 3. The molecule has 2 heterocycles. The number of rotatable bonds is 2. The van der Waals surface area contributed by atoms with Crippen molar-refractivity contribution in [3.63, 3.8) is 0 Å². The van der Waals surface area contributed by atoms with Crippen LogP contribution in [0.1, 0.15) is 42.9 Å². The standard InChI is InChI=1S/C20H26N2O3/c23-12-16-14-5-2-1-4-13(14)6-10-22(16)19(24)21-17-15-7-11-25-18(15)20(17)8-3-9-20/h1-2,4-5,15-18,23H,3,6-12H2,(H,21,24). The molecule has 1 aromatic rings. The molecule has 5 rings (SSSR count). The van der Waals surface area contributed by atoms with E-state index in [1.165, 1.54) is 24.8 Å². The van der Waals surface area contributed by atoms with Crippen LogP contribution < -0.4 is 5.32 Å². The van der Waals surface area contributed by atoms with Crippen LogP contribution in [0.5, 0.6) is 0 Å². The van der Waals surface area contributed by atoms with E-state index in [4.69, 9.17) is 4.74 Å². The van der Waals surface area contributed by atoms with Gasteiger partial charge in [0.2, 0.25) is 0 Å². The number of carbonyl (C=O) groups is 1. The zero-order chi connectivity index (χ0) is 17.0. The molecule has 4 unspecified atom stereocenters. The summed E-state index contributed by atoms with van der Waals surface area (Å²) in [7, 11) is 0. The Kier molecular flexibility index (Phi) is 3.57. The summed E-state index contributed by atoms with van der Waals surface area (Å²) in [6.45, 7) is 1.47. The van der Waals surface area contributed by atoms with Crippen LogP contribution in [0.4, 0.5) is 4.79 Å². The van der Waals surface area contributed by atoms with Crippen molar-refractivity contribution in [3.8, 4) is 0 Å². The summed E-state index contributed by atoms with van der Waals surface area (Å²) in [6.07, 6.45) is 5.86. The van der Waals surface area contributed by atoms with Crippen LogP contribution in [-0.4, -0.2) is 47.9 Å². The maximum atomic E-state index is 13.1. The Hall–Kier alpha value is -1.59. The maximum absolute atomic E-state index is 13.1. The fourth-order valence-electron chi connectivity index (χ4n) is 5.76. The van der Waals surface area contributed by atoms with Gasteiger partial charge in [0.25, 0.3) is 0 Å². The van der Waals surface area contributed by atoms with Crippen molar-refractivity contribution in [2.45, 2.75) is 50.3 Å². The van der Waals surface area contributed by atoms with Crippen molar-refractivity contribution in [3.05, 3.63) is 35.4 Å². The third-order valence-electron chi connectivity index (χ3n) is 7.16. The average Bonchev–Trinajstić information content (AvgIpc) is 3.02. The normalized spacial score (nSPS) is 34.7. The Morgan fingerprint density at radius 3 is 2.96 bits per heavy atom. The molecule has 1 saturated heterocycles. The number of aliphatic hydroxyl groups excluding tert-OH is 1. The van der Waals surface area contributed by atoms with Crippen LogP contribution in [0.3, 0.4) is 0 Å². The van der Waals surface area contributed by atoms with Crippen LogP contribution in [0.15, 0.2) is 24.3 Å². The van der Waals surface area contributed by atoms with Crippen LogP contribution >= 0.6 is 0 Å². The first kappa shape index (κ1) is 15.6. The lowest BCUT2D eigenvalue weighted by Crippen LogP contribution is -2.72. The van der Waals surface area contributed by atoms with Gasteiger partial charge in [-0.05, 0) is 36.8 Å². The minimum Gasteiger partial charge on any atom is -0.394 e. The summed E-state index contributed by atoms with van der Waals surface area (Å²) in [6, 6.07) is 8.14. The number of hydrogen-bond donors (Lipinski definition) is 2. The predicted octanol–water partition coefficient (Wildman–Crippen LogP) is 2.25. The number of ether oxygens (including phenoxy) is 1. The molecule has 1 spiro atoms. The zero-order valence-corrected chi connectivity index (χ0v) is 14.5. The van der Waals surface area contributed by atoms with E-state index in [1.54, 1.807) is 0 Å². The Balaban J connectivity index is 1.35. The van der Waals surface area contributed by atoms with Crippen LogP contribution in [0.25, 0.3) is 0 Å². The average molecular weight is 342 g/mol. The molecule has 4 aliphatic rings. The second-order valence-corrected chi connectivity index (χ2v) is 8.10. The summed E-state index contributed by atoms with van der Waals surface area (Å²) in [4.78, 5) is 14.9. The number of urea groups is 1. The van der Waals surface area contributed by atoms with E-state index >= 15 is 0 Å². The third kappa shape index (κ3) is 2.12. The first-order valence-electron chi connectivity index (χ1n) is 9.62.